The first kappa shape index (κ1) is 33.9. The molecule has 2 aromatic rings. The lowest BCUT2D eigenvalue weighted by molar-refractivity contribution is -0.0594. The molecule has 0 saturated heterocycles. The first-order valence-corrected chi connectivity index (χ1v) is 18.7. The molecule has 0 radical (unpaired) electrons. The number of rotatable bonds is 10. The number of benzene rings is 2. The zero-order chi connectivity index (χ0) is 33.3. The Kier molecular flexibility index (Phi) is 10.0. The fourth-order valence-corrected chi connectivity index (χ4v) is 10.6. The van der Waals surface area contributed by atoms with Gasteiger partial charge in [0.05, 0.1) is 16.9 Å². The minimum Gasteiger partial charge on any atom is -0.458 e. The van der Waals surface area contributed by atoms with Crippen molar-refractivity contribution in [3.8, 4) is 0 Å². The van der Waals surface area contributed by atoms with Crippen LogP contribution >= 0.6 is 0 Å². The SMILES string of the molecule is CC(C)CCC[C@@H](C)[C@H]1CC[C@H]2[C@@H]3CC=C4C[C@@H](OC(=O)c5ccc(N=Nc6ccc(N(C)C)cc6)cc5)CC[C@]4(C)[C@H]3CC[C@]12C. The molecule has 5 nitrogen and oxygen atoms in total. The van der Waals surface area contributed by atoms with Crippen LogP contribution < -0.4 is 4.90 Å². The summed E-state index contributed by atoms with van der Waals surface area (Å²) in [6, 6.07) is 15.2. The summed E-state index contributed by atoms with van der Waals surface area (Å²) >= 11 is 0. The fourth-order valence-electron chi connectivity index (χ4n) is 10.6. The molecule has 2 aromatic carbocycles. The number of ether oxygens (including phenoxy) is 1. The van der Waals surface area contributed by atoms with Crippen molar-refractivity contribution in [3.05, 3.63) is 65.7 Å². The maximum atomic E-state index is 13.2. The number of carbonyl (C=O) groups excluding carboxylic acids is 1. The monoisotopic (exact) mass is 637 g/mol. The number of azo groups is 1. The van der Waals surface area contributed by atoms with Gasteiger partial charge in [-0.05, 0) is 140 Å². The van der Waals surface area contributed by atoms with Crippen molar-refractivity contribution < 1.29 is 9.53 Å². The zero-order valence-electron chi connectivity index (χ0n) is 30.2. The highest BCUT2D eigenvalue weighted by Gasteiger charge is 2.59. The van der Waals surface area contributed by atoms with Gasteiger partial charge in [0.1, 0.15) is 6.10 Å². The Labute approximate surface area is 284 Å². The van der Waals surface area contributed by atoms with Gasteiger partial charge in [0.15, 0.2) is 0 Å². The van der Waals surface area contributed by atoms with Gasteiger partial charge in [-0.2, -0.15) is 10.2 Å². The molecule has 47 heavy (non-hydrogen) atoms. The van der Waals surface area contributed by atoms with Crippen LogP contribution in [0.1, 0.15) is 116 Å². The molecule has 0 bridgehead atoms. The molecule has 0 N–H and O–H groups in total. The summed E-state index contributed by atoms with van der Waals surface area (Å²) in [6.45, 7) is 12.5. The van der Waals surface area contributed by atoms with E-state index in [2.05, 4.69) is 55.8 Å². The van der Waals surface area contributed by atoms with E-state index in [9.17, 15) is 4.79 Å². The van der Waals surface area contributed by atoms with Crippen LogP contribution in [0.5, 0.6) is 0 Å². The van der Waals surface area contributed by atoms with Gasteiger partial charge in [0, 0.05) is 26.2 Å². The third-order valence-electron chi connectivity index (χ3n) is 13.3. The van der Waals surface area contributed by atoms with Crippen molar-refractivity contribution in [1.29, 1.82) is 0 Å². The lowest BCUT2D eigenvalue weighted by atomic mass is 9.47. The summed E-state index contributed by atoms with van der Waals surface area (Å²) in [6.07, 6.45) is 16.6. The molecule has 0 aliphatic heterocycles. The van der Waals surface area contributed by atoms with Crippen molar-refractivity contribution in [2.45, 2.75) is 111 Å². The second-order valence-electron chi connectivity index (χ2n) is 16.7. The maximum Gasteiger partial charge on any atom is 0.338 e. The van der Waals surface area contributed by atoms with Gasteiger partial charge in [-0.3, -0.25) is 0 Å². The van der Waals surface area contributed by atoms with Crippen molar-refractivity contribution in [2.75, 3.05) is 19.0 Å². The molecular weight excluding hydrogens is 578 g/mol. The van der Waals surface area contributed by atoms with E-state index in [1.54, 1.807) is 5.57 Å². The minimum absolute atomic E-state index is 0.0423. The third kappa shape index (κ3) is 6.97. The topological polar surface area (TPSA) is 54.3 Å². The number of hydrogen-bond acceptors (Lipinski definition) is 5. The van der Waals surface area contributed by atoms with Crippen LogP contribution in [0.2, 0.25) is 0 Å². The fraction of sp³-hybridized carbons (Fsp3) is 0.643. The highest BCUT2D eigenvalue weighted by atomic mass is 16.5. The Morgan fingerprint density at radius 2 is 1.55 bits per heavy atom. The Balaban J connectivity index is 1.05. The van der Waals surface area contributed by atoms with E-state index in [1.807, 2.05) is 62.6 Å². The number of allylic oxidation sites excluding steroid dienone is 1. The summed E-state index contributed by atoms with van der Waals surface area (Å²) in [7, 11) is 4.03. The van der Waals surface area contributed by atoms with Crippen LogP contribution in [-0.4, -0.2) is 26.2 Å². The lowest BCUT2D eigenvalue weighted by Crippen LogP contribution is -2.51. The largest absolute Gasteiger partial charge is 0.458 e. The summed E-state index contributed by atoms with van der Waals surface area (Å²) in [5.74, 6) is 4.80. The molecule has 0 unspecified atom stereocenters. The molecule has 254 valence electrons. The van der Waals surface area contributed by atoms with E-state index in [-0.39, 0.29) is 17.5 Å². The second-order valence-corrected chi connectivity index (χ2v) is 16.7. The van der Waals surface area contributed by atoms with E-state index in [1.165, 1.54) is 51.4 Å². The molecule has 4 aliphatic rings. The van der Waals surface area contributed by atoms with Crippen LogP contribution in [0.15, 0.2) is 70.4 Å². The maximum absolute atomic E-state index is 13.2. The van der Waals surface area contributed by atoms with E-state index in [0.717, 1.165) is 66.1 Å². The molecule has 0 amide bonds. The van der Waals surface area contributed by atoms with Gasteiger partial charge < -0.3 is 9.64 Å². The molecule has 3 saturated carbocycles. The molecule has 0 aromatic heterocycles. The molecule has 8 atom stereocenters. The first-order valence-electron chi connectivity index (χ1n) is 18.7. The van der Waals surface area contributed by atoms with Crippen LogP contribution in [0.25, 0.3) is 0 Å². The number of fused-ring (bicyclic) bond motifs is 5. The van der Waals surface area contributed by atoms with Gasteiger partial charge in [-0.1, -0.05) is 65.5 Å². The molecule has 4 aliphatic carbocycles. The van der Waals surface area contributed by atoms with Gasteiger partial charge in [-0.15, -0.1) is 0 Å². The average molecular weight is 638 g/mol. The van der Waals surface area contributed by atoms with E-state index in [0.29, 0.717) is 16.7 Å². The van der Waals surface area contributed by atoms with Crippen LogP contribution in [0.3, 0.4) is 0 Å². The highest BCUT2D eigenvalue weighted by molar-refractivity contribution is 5.89. The predicted octanol–water partition coefficient (Wildman–Crippen LogP) is 11.7. The summed E-state index contributed by atoms with van der Waals surface area (Å²) < 4.78 is 6.14. The Hall–Kier alpha value is -2.95. The summed E-state index contributed by atoms with van der Waals surface area (Å²) in [4.78, 5) is 15.3. The molecule has 5 heteroatoms. The van der Waals surface area contributed by atoms with Crippen LogP contribution in [-0.2, 0) is 4.74 Å². The third-order valence-corrected chi connectivity index (χ3v) is 13.3. The standard InChI is InChI=1S/C42H59N3O2/c1-28(2)9-8-10-29(3)37-21-22-38-36-20-13-31-27-35(23-25-41(31,4)39(36)24-26-42(37,38)5)47-40(46)30-11-14-32(15-12-30)43-44-33-16-18-34(19-17-33)45(6)7/h11-19,28-29,35-39H,8-10,20-27H2,1-7H3/t29-,35+,36+,37-,38+,39+,41+,42-/m1/s1. The van der Waals surface area contributed by atoms with Gasteiger partial charge in [0.2, 0.25) is 0 Å². The second kappa shape index (κ2) is 13.9. The average Bonchev–Trinajstić information content (AvgIpc) is 3.41. The molecular formula is C42H59N3O2. The van der Waals surface area contributed by atoms with Gasteiger partial charge >= 0.3 is 5.97 Å². The molecule has 3 fully saturated rings. The van der Waals surface area contributed by atoms with E-state index < -0.39 is 0 Å². The lowest BCUT2D eigenvalue weighted by Gasteiger charge is -2.58. The molecule has 6 rings (SSSR count). The Bertz CT molecular complexity index is 1440. The van der Waals surface area contributed by atoms with Crippen molar-refractivity contribution in [2.24, 2.45) is 56.6 Å². The Morgan fingerprint density at radius 1 is 0.872 bits per heavy atom. The molecule has 0 heterocycles. The smallest absolute Gasteiger partial charge is 0.338 e. The highest BCUT2D eigenvalue weighted by Crippen LogP contribution is 2.67. The van der Waals surface area contributed by atoms with E-state index in [4.69, 9.17) is 4.74 Å². The van der Waals surface area contributed by atoms with Gasteiger partial charge in [0.25, 0.3) is 0 Å². The van der Waals surface area contributed by atoms with Gasteiger partial charge in [-0.25, -0.2) is 4.79 Å². The normalized spacial score (nSPS) is 32.3. The first-order chi connectivity index (χ1) is 22.5. The van der Waals surface area contributed by atoms with E-state index >= 15 is 0 Å². The summed E-state index contributed by atoms with van der Waals surface area (Å²) in [5, 5.41) is 8.71. The number of esters is 1. The number of anilines is 1. The van der Waals surface area contributed by atoms with Crippen LogP contribution in [0, 0.1) is 46.3 Å². The van der Waals surface area contributed by atoms with Crippen LogP contribution in [0.4, 0.5) is 17.1 Å². The minimum atomic E-state index is -0.233. The zero-order valence-corrected chi connectivity index (χ0v) is 30.2. The van der Waals surface area contributed by atoms with Crippen molar-refractivity contribution in [1.82, 2.24) is 0 Å². The number of hydrogen-bond donors (Lipinski definition) is 0. The Morgan fingerprint density at radius 3 is 2.21 bits per heavy atom. The number of carbonyl (C=O) groups is 1. The summed E-state index contributed by atoms with van der Waals surface area (Å²) in [5.41, 5.74) is 5.54. The predicted molar refractivity (Wildman–Crippen MR) is 194 cm³/mol. The quantitative estimate of drug-likeness (QED) is 0.148. The molecule has 0 spiro atoms. The van der Waals surface area contributed by atoms with Crippen molar-refractivity contribution >= 4 is 23.0 Å². The number of nitrogens with zero attached hydrogens (tertiary/aromatic N) is 3. The van der Waals surface area contributed by atoms with Crippen molar-refractivity contribution in [3.63, 3.8) is 0 Å².